The molecular weight excluding hydrogens is 456 g/mol. The fourth-order valence-electron chi connectivity index (χ4n) is 3.62. The third kappa shape index (κ3) is 5.83. The van der Waals surface area contributed by atoms with E-state index in [1.165, 1.54) is 0 Å². The number of anilines is 2. The number of amides is 1. The number of carbonyl (C=O) groups excluding carboxylic acids is 1. The summed E-state index contributed by atoms with van der Waals surface area (Å²) in [6.45, 7) is 8.62. The molecular formula is C28H30N4O4. The average Bonchev–Trinajstić information content (AvgIpc) is 3.38. The van der Waals surface area contributed by atoms with Gasteiger partial charge in [-0.25, -0.2) is 0 Å². The Labute approximate surface area is 210 Å². The molecule has 4 rings (SSSR count). The highest BCUT2D eigenvalue weighted by atomic mass is 16.5. The predicted molar refractivity (Wildman–Crippen MR) is 140 cm³/mol. The van der Waals surface area contributed by atoms with Crippen molar-refractivity contribution in [2.75, 3.05) is 23.8 Å². The molecule has 186 valence electrons. The van der Waals surface area contributed by atoms with E-state index in [1.54, 1.807) is 18.2 Å². The van der Waals surface area contributed by atoms with Gasteiger partial charge in [0, 0.05) is 23.3 Å². The van der Waals surface area contributed by atoms with Crippen molar-refractivity contribution in [1.29, 1.82) is 0 Å². The molecule has 1 amide bonds. The van der Waals surface area contributed by atoms with Crippen molar-refractivity contribution >= 4 is 17.3 Å². The molecule has 8 nitrogen and oxygen atoms in total. The minimum absolute atomic E-state index is 0.234. The third-order valence-electron chi connectivity index (χ3n) is 5.45. The first-order valence-electron chi connectivity index (χ1n) is 12.0. The minimum Gasteiger partial charge on any atom is -0.492 e. The van der Waals surface area contributed by atoms with Crippen LogP contribution in [0.4, 0.5) is 11.4 Å². The number of nitrogens with one attached hydrogen (secondary N) is 2. The summed E-state index contributed by atoms with van der Waals surface area (Å²) in [5.74, 6) is 1.74. The van der Waals surface area contributed by atoms with Gasteiger partial charge in [0.15, 0.2) is 0 Å². The largest absolute Gasteiger partial charge is 0.492 e. The Balaban J connectivity index is 1.59. The molecule has 0 fully saturated rings. The Morgan fingerprint density at radius 3 is 2.22 bits per heavy atom. The third-order valence-corrected chi connectivity index (χ3v) is 5.45. The Morgan fingerprint density at radius 2 is 1.56 bits per heavy atom. The van der Waals surface area contributed by atoms with Crippen LogP contribution in [-0.4, -0.2) is 29.3 Å². The number of rotatable bonds is 10. The average molecular weight is 487 g/mol. The number of benzene rings is 3. The number of hydrogen-bond donors (Lipinski definition) is 2. The molecule has 0 bridgehead atoms. The fraction of sp³-hybridized carbons (Fsp3) is 0.250. The van der Waals surface area contributed by atoms with Gasteiger partial charge in [0.2, 0.25) is 11.8 Å². The minimum atomic E-state index is -0.310. The fourth-order valence-corrected chi connectivity index (χ4v) is 3.62. The van der Waals surface area contributed by atoms with Gasteiger partial charge in [-0.1, -0.05) is 35.9 Å². The Morgan fingerprint density at radius 1 is 0.917 bits per heavy atom. The van der Waals surface area contributed by atoms with Crippen LogP contribution in [0.2, 0.25) is 0 Å². The van der Waals surface area contributed by atoms with Gasteiger partial charge in [-0.3, -0.25) is 4.79 Å². The van der Waals surface area contributed by atoms with Crippen molar-refractivity contribution in [3.63, 3.8) is 0 Å². The normalized spacial score (nSPS) is 11.6. The molecule has 1 aromatic heterocycles. The highest BCUT2D eigenvalue weighted by Crippen LogP contribution is 2.38. The maximum atomic E-state index is 12.8. The number of ether oxygens (including phenoxy) is 2. The molecule has 0 aliphatic rings. The van der Waals surface area contributed by atoms with Crippen molar-refractivity contribution in [3.05, 3.63) is 83.7 Å². The molecule has 3 aromatic carbocycles. The van der Waals surface area contributed by atoms with Crippen LogP contribution >= 0.6 is 0 Å². The molecule has 1 heterocycles. The number of nitrogens with zero attached hydrogens (tertiary/aromatic N) is 2. The van der Waals surface area contributed by atoms with Crippen molar-refractivity contribution in [1.82, 2.24) is 10.2 Å². The van der Waals surface area contributed by atoms with Gasteiger partial charge in [-0.15, -0.1) is 10.2 Å². The number of aryl methyl sites for hydroxylation is 1. The van der Waals surface area contributed by atoms with E-state index in [1.807, 2.05) is 76.2 Å². The summed E-state index contributed by atoms with van der Waals surface area (Å²) in [4.78, 5) is 12.8. The van der Waals surface area contributed by atoms with Crippen LogP contribution in [0.15, 0.2) is 71.1 Å². The van der Waals surface area contributed by atoms with E-state index in [2.05, 4.69) is 20.8 Å². The van der Waals surface area contributed by atoms with Gasteiger partial charge in [0.25, 0.3) is 5.91 Å². The zero-order valence-corrected chi connectivity index (χ0v) is 20.9. The smallest absolute Gasteiger partial charge is 0.255 e. The summed E-state index contributed by atoms with van der Waals surface area (Å²) in [5, 5.41) is 14.7. The predicted octanol–water partition coefficient (Wildman–Crippen LogP) is 6.27. The first kappa shape index (κ1) is 24.8. The van der Waals surface area contributed by atoms with Gasteiger partial charge in [0.1, 0.15) is 17.5 Å². The van der Waals surface area contributed by atoms with E-state index in [9.17, 15) is 4.79 Å². The van der Waals surface area contributed by atoms with Gasteiger partial charge in [0.05, 0.1) is 24.6 Å². The van der Waals surface area contributed by atoms with Crippen molar-refractivity contribution in [2.45, 2.75) is 33.7 Å². The van der Waals surface area contributed by atoms with Crippen LogP contribution in [0.25, 0.3) is 11.5 Å². The second-order valence-electron chi connectivity index (χ2n) is 8.21. The van der Waals surface area contributed by atoms with E-state index in [-0.39, 0.29) is 11.9 Å². The SMILES string of the molecule is CCOc1cc(NC(C)c2nnc(-c3ccc(C)cc3)o2)c(OCC)cc1NC(=O)c1ccccc1. The number of aromatic nitrogens is 2. The second-order valence-corrected chi connectivity index (χ2v) is 8.21. The maximum Gasteiger partial charge on any atom is 0.255 e. The van der Waals surface area contributed by atoms with Crippen LogP contribution in [0.1, 0.15) is 48.6 Å². The molecule has 1 unspecified atom stereocenters. The molecule has 0 saturated carbocycles. The number of carbonyl (C=O) groups is 1. The Hall–Kier alpha value is -4.33. The summed E-state index contributed by atoms with van der Waals surface area (Å²) in [6, 6.07) is 20.2. The lowest BCUT2D eigenvalue weighted by Crippen LogP contribution is -2.14. The Bertz CT molecular complexity index is 1300. The molecule has 0 saturated heterocycles. The monoisotopic (exact) mass is 486 g/mol. The van der Waals surface area contributed by atoms with Crippen molar-refractivity contribution in [3.8, 4) is 23.0 Å². The van der Waals surface area contributed by atoms with Crippen LogP contribution < -0.4 is 20.1 Å². The Kier molecular flexibility index (Phi) is 7.85. The molecule has 2 N–H and O–H groups in total. The zero-order chi connectivity index (χ0) is 25.5. The molecule has 0 radical (unpaired) electrons. The standard InChI is InChI=1S/C28H30N4O4/c1-5-34-24-17-23(30-26(33)20-10-8-7-9-11-20)25(35-6-2)16-22(24)29-19(4)27-31-32-28(36-27)21-14-12-18(3)13-15-21/h7-17,19,29H,5-6H2,1-4H3,(H,30,33). The molecule has 0 spiro atoms. The number of hydrogen-bond acceptors (Lipinski definition) is 7. The first-order chi connectivity index (χ1) is 17.5. The highest BCUT2D eigenvalue weighted by Gasteiger charge is 2.20. The molecule has 1 atom stereocenters. The highest BCUT2D eigenvalue weighted by molar-refractivity contribution is 6.05. The van der Waals surface area contributed by atoms with E-state index in [4.69, 9.17) is 13.9 Å². The van der Waals surface area contributed by atoms with Crippen LogP contribution in [0.5, 0.6) is 11.5 Å². The van der Waals surface area contributed by atoms with Crippen molar-refractivity contribution in [2.24, 2.45) is 0 Å². The first-order valence-corrected chi connectivity index (χ1v) is 12.0. The van der Waals surface area contributed by atoms with E-state index in [0.717, 1.165) is 11.1 Å². The molecule has 36 heavy (non-hydrogen) atoms. The van der Waals surface area contributed by atoms with Gasteiger partial charge in [-0.05, 0) is 52.0 Å². The van der Waals surface area contributed by atoms with Crippen LogP contribution in [0.3, 0.4) is 0 Å². The summed E-state index contributed by atoms with van der Waals surface area (Å²) in [6.07, 6.45) is 0. The van der Waals surface area contributed by atoms with E-state index < -0.39 is 0 Å². The van der Waals surface area contributed by atoms with Crippen LogP contribution in [0, 0.1) is 6.92 Å². The van der Waals surface area contributed by atoms with Crippen LogP contribution in [-0.2, 0) is 0 Å². The second kappa shape index (κ2) is 11.4. The quantitative estimate of drug-likeness (QED) is 0.273. The lowest BCUT2D eigenvalue weighted by Gasteiger charge is -2.20. The summed E-state index contributed by atoms with van der Waals surface area (Å²) < 4.78 is 17.7. The van der Waals surface area contributed by atoms with Crippen molar-refractivity contribution < 1.29 is 18.7 Å². The van der Waals surface area contributed by atoms with Gasteiger partial charge < -0.3 is 24.5 Å². The molecule has 8 heteroatoms. The molecule has 0 aliphatic carbocycles. The molecule has 0 aliphatic heterocycles. The topological polar surface area (TPSA) is 98.5 Å². The van der Waals surface area contributed by atoms with Gasteiger partial charge >= 0.3 is 0 Å². The lowest BCUT2D eigenvalue weighted by atomic mass is 10.1. The maximum absolute atomic E-state index is 12.8. The molecule has 4 aromatic rings. The van der Waals surface area contributed by atoms with E-state index in [0.29, 0.717) is 53.4 Å². The summed E-state index contributed by atoms with van der Waals surface area (Å²) in [7, 11) is 0. The van der Waals surface area contributed by atoms with Gasteiger partial charge in [-0.2, -0.15) is 0 Å². The zero-order valence-electron chi connectivity index (χ0n) is 20.9. The lowest BCUT2D eigenvalue weighted by molar-refractivity contribution is 0.102. The summed E-state index contributed by atoms with van der Waals surface area (Å²) >= 11 is 0. The van der Waals surface area contributed by atoms with E-state index >= 15 is 0 Å². The summed E-state index contributed by atoms with van der Waals surface area (Å²) in [5.41, 5.74) is 3.77.